The number of hydrogen-bond acceptors (Lipinski definition) is 4. The predicted octanol–water partition coefficient (Wildman–Crippen LogP) is 3.50. The highest BCUT2D eigenvalue weighted by molar-refractivity contribution is 6.31. The number of aryl methyl sites for hydroxylation is 1. The molecule has 1 fully saturated rings. The van der Waals surface area contributed by atoms with Crippen LogP contribution in [0.1, 0.15) is 63.8 Å². The molecule has 4 N–H and O–H groups in total. The van der Waals surface area contributed by atoms with E-state index in [4.69, 9.17) is 17.3 Å². The number of H-pyrrole nitrogens is 1. The molecule has 1 aromatic heterocycles. The molecule has 172 valence electrons. The third kappa shape index (κ3) is 5.17. The van der Waals surface area contributed by atoms with E-state index in [-0.39, 0.29) is 18.2 Å². The number of nitrogens with one attached hydrogen (secondary N) is 2. The lowest BCUT2D eigenvalue weighted by Crippen LogP contribution is -2.31. The maximum absolute atomic E-state index is 13.0. The second-order valence-electron chi connectivity index (χ2n) is 8.34. The third-order valence-corrected chi connectivity index (χ3v) is 6.13. The van der Waals surface area contributed by atoms with Crippen LogP contribution in [0.2, 0.25) is 5.02 Å². The van der Waals surface area contributed by atoms with Crippen molar-refractivity contribution in [3.63, 3.8) is 0 Å². The van der Waals surface area contributed by atoms with Gasteiger partial charge < -0.3 is 20.9 Å². The zero-order chi connectivity index (χ0) is 23.5. The number of carbonyl (C=O) groups excluding carboxylic acids is 3. The molecule has 3 aromatic rings. The molecule has 1 aliphatic rings. The Morgan fingerprint density at radius 2 is 1.94 bits per heavy atom. The minimum atomic E-state index is -0.553. The number of imidazole rings is 1. The summed E-state index contributed by atoms with van der Waals surface area (Å²) in [5.41, 5.74) is 8.54. The summed E-state index contributed by atoms with van der Waals surface area (Å²) >= 11 is 6.05. The van der Waals surface area contributed by atoms with Gasteiger partial charge in [0.25, 0.3) is 11.8 Å². The maximum atomic E-state index is 13.0. The number of amides is 3. The Bertz CT molecular complexity index is 1220. The Morgan fingerprint density at radius 1 is 1.18 bits per heavy atom. The van der Waals surface area contributed by atoms with Gasteiger partial charge in [0.05, 0.1) is 17.1 Å². The van der Waals surface area contributed by atoms with E-state index in [2.05, 4.69) is 15.3 Å². The van der Waals surface area contributed by atoms with Crippen molar-refractivity contribution >= 4 is 40.4 Å². The molecular formula is C24H26ClN5O3. The zero-order valence-electron chi connectivity index (χ0n) is 18.4. The van der Waals surface area contributed by atoms with Gasteiger partial charge in [-0.15, -0.1) is 0 Å². The van der Waals surface area contributed by atoms with Crippen molar-refractivity contribution < 1.29 is 14.4 Å². The molecule has 9 heteroatoms. The summed E-state index contributed by atoms with van der Waals surface area (Å²) in [7, 11) is 0. The van der Waals surface area contributed by atoms with Crippen LogP contribution in [0.3, 0.4) is 0 Å². The Hall–Kier alpha value is -3.39. The summed E-state index contributed by atoms with van der Waals surface area (Å²) in [5, 5.41) is 3.50. The molecule has 1 aliphatic heterocycles. The lowest BCUT2D eigenvalue weighted by Gasteiger charge is -2.18. The molecule has 2 heterocycles. The highest BCUT2D eigenvalue weighted by atomic mass is 35.5. The van der Waals surface area contributed by atoms with Gasteiger partial charge in [-0.3, -0.25) is 14.4 Å². The van der Waals surface area contributed by atoms with Crippen LogP contribution in [0.5, 0.6) is 0 Å². The monoisotopic (exact) mass is 467 g/mol. The van der Waals surface area contributed by atoms with Crippen LogP contribution in [0.15, 0.2) is 36.4 Å². The quantitative estimate of drug-likeness (QED) is 0.492. The van der Waals surface area contributed by atoms with E-state index in [1.165, 1.54) is 0 Å². The van der Waals surface area contributed by atoms with Gasteiger partial charge in [0, 0.05) is 35.7 Å². The summed E-state index contributed by atoms with van der Waals surface area (Å²) in [6, 6.07) is 9.78. The molecule has 0 saturated carbocycles. The van der Waals surface area contributed by atoms with Gasteiger partial charge in [-0.2, -0.15) is 0 Å². The molecule has 0 radical (unpaired) electrons. The lowest BCUT2D eigenvalue weighted by molar-refractivity contribution is -0.118. The van der Waals surface area contributed by atoms with Gasteiger partial charge in [0.2, 0.25) is 5.91 Å². The summed E-state index contributed by atoms with van der Waals surface area (Å²) in [6.07, 6.45) is 2.42. The average molecular weight is 468 g/mol. The minimum Gasteiger partial charge on any atom is -0.370 e. The maximum Gasteiger partial charge on any atom is 0.254 e. The number of carbonyl (C=O) groups is 3. The highest BCUT2D eigenvalue weighted by Crippen LogP contribution is 2.23. The van der Waals surface area contributed by atoms with Gasteiger partial charge >= 0.3 is 0 Å². The summed E-state index contributed by atoms with van der Waals surface area (Å²) in [6.45, 7) is 3.36. The van der Waals surface area contributed by atoms with Crippen molar-refractivity contribution in [2.45, 2.75) is 38.6 Å². The molecule has 3 amide bonds. The van der Waals surface area contributed by atoms with E-state index in [0.717, 1.165) is 37.0 Å². The van der Waals surface area contributed by atoms with Gasteiger partial charge in [-0.1, -0.05) is 11.6 Å². The van der Waals surface area contributed by atoms with Crippen LogP contribution in [-0.4, -0.2) is 45.7 Å². The number of nitrogens with two attached hydrogens (primary N) is 1. The van der Waals surface area contributed by atoms with Crippen molar-refractivity contribution in [2.75, 3.05) is 13.1 Å². The molecule has 4 rings (SSSR count). The summed E-state index contributed by atoms with van der Waals surface area (Å²) < 4.78 is 0. The third-order valence-electron chi connectivity index (χ3n) is 5.89. The highest BCUT2D eigenvalue weighted by Gasteiger charge is 2.23. The van der Waals surface area contributed by atoms with E-state index in [1.807, 2.05) is 11.8 Å². The Kier molecular flexibility index (Phi) is 6.65. The number of nitrogens with zero attached hydrogens (tertiary/aromatic N) is 2. The SMILES string of the molecule is Cc1cc(C(=O)NC(CCC(N)=O)c2nc3cc(Cl)ccc3[nH]2)ccc1C(=O)N1CCCC1. The number of hydrogen-bond donors (Lipinski definition) is 3. The largest absolute Gasteiger partial charge is 0.370 e. The number of aromatic amines is 1. The number of fused-ring (bicyclic) bond motifs is 1. The number of aromatic nitrogens is 2. The van der Waals surface area contributed by atoms with Gasteiger partial charge in [-0.05, 0) is 68.1 Å². The molecule has 1 saturated heterocycles. The van der Waals surface area contributed by atoms with Gasteiger partial charge in [0.15, 0.2) is 0 Å². The molecule has 0 aliphatic carbocycles. The van der Waals surface area contributed by atoms with E-state index < -0.39 is 11.9 Å². The van der Waals surface area contributed by atoms with Crippen LogP contribution in [-0.2, 0) is 4.79 Å². The van der Waals surface area contributed by atoms with Crippen molar-refractivity contribution in [3.05, 3.63) is 63.9 Å². The molecule has 0 spiro atoms. The van der Waals surface area contributed by atoms with Crippen molar-refractivity contribution in [3.8, 4) is 0 Å². The molecule has 8 nitrogen and oxygen atoms in total. The fourth-order valence-electron chi connectivity index (χ4n) is 4.10. The molecule has 1 atom stereocenters. The topological polar surface area (TPSA) is 121 Å². The van der Waals surface area contributed by atoms with E-state index >= 15 is 0 Å². The molecular weight excluding hydrogens is 442 g/mol. The number of halogens is 1. The second-order valence-corrected chi connectivity index (χ2v) is 8.78. The smallest absolute Gasteiger partial charge is 0.254 e. The van der Waals surface area contributed by atoms with Crippen LogP contribution in [0.25, 0.3) is 11.0 Å². The normalized spacial score (nSPS) is 14.4. The van der Waals surface area contributed by atoms with E-state index in [1.54, 1.807) is 36.4 Å². The number of likely N-dealkylation sites (tertiary alicyclic amines) is 1. The second kappa shape index (κ2) is 9.62. The van der Waals surface area contributed by atoms with Crippen LogP contribution >= 0.6 is 11.6 Å². The van der Waals surface area contributed by atoms with E-state index in [0.29, 0.717) is 33.9 Å². The van der Waals surface area contributed by atoms with Crippen molar-refractivity contribution in [1.29, 1.82) is 0 Å². The first-order valence-electron chi connectivity index (χ1n) is 11.0. The molecule has 33 heavy (non-hydrogen) atoms. The first-order valence-corrected chi connectivity index (χ1v) is 11.3. The first-order chi connectivity index (χ1) is 15.8. The fourth-order valence-corrected chi connectivity index (χ4v) is 4.27. The predicted molar refractivity (Wildman–Crippen MR) is 126 cm³/mol. The Morgan fingerprint density at radius 3 is 2.64 bits per heavy atom. The van der Waals surface area contributed by atoms with E-state index in [9.17, 15) is 14.4 Å². The molecule has 1 unspecified atom stereocenters. The summed E-state index contributed by atoms with van der Waals surface area (Å²) in [4.78, 5) is 46.7. The number of benzene rings is 2. The Labute approximate surface area is 196 Å². The molecule has 2 aromatic carbocycles. The standard InChI is InChI=1S/C24H26ClN5O3/c1-14-12-15(4-6-17(14)24(33)30-10-2-3-11-30)23(32)29-19(8-9-21(26)31)22-27-18-7-5-16(25)13-20(18)28-22/h4-7,12-13,19H,2-3,8-11H2,1H3,(H2,26,31)(H,27,28)(H,29,32). The summed E-state index contributed by atoms with van der Waals surface area (Å²) in [5.74, 6) is -0.281. The van der Waals surface area contributed by atoms with Crippen molar-refractivity contribution in [2.24, 2.45) is 5.73 Å². The zero-order valence-corrected chi connectivity index (χ0v) is 19.1. The van der Waals surface area contributed by atoms with Crippen LogP contribution in [0, 0.1) is 6.92 Å². The van der Waals surface area contributed by atoms with Gasteiger partial charge in [0.1, 0.15) is 5.82 Å². The number of primary amides is 1. The average Bonchev–Trinajstić information content (AvgIpc) is 3.45. The van der Waals surface area contributed by atoms with Crippen LogP contribution in [0.4, 0.5) is 0 Å². The minimum absolute atomic E-state index is 0.00257. The fraction of sp³-hybridized carbons (Fsp3) is 0.333. The Balaban J connectivity index is 1.55. The molecule has 0 bridgehead atoms. The van der Waals surface area contributed by atoms with Gasteiger partial charge in [-0.25, -0.2) is 4.98 Å². The van der Waals surface area contributed by atoms with Crippen LogP contribution < -0.4 is 11.1 Å². The first kappa shape index (κ1) is 22.8. The van der Waals surface area contributed by atoms with Crippen molar-refractivity contribution in [1.82, 2.24) is 20.2 Å². The lowest BCUT2D eigenvalue weighted by atomic mass is 10.0. The number of rotatable bonds is 7.